The lowest BCUT2D eigenvalue weighted by Crippen LogP contribution is -2.51. The van der Waals surface area contributed by atoms with Crippen molar-refractivity contribution in [2.24, 2.45) is 0 Å². The van der Waals surface area contributed by atoms with Crippen molar-refractivity contribution in [3.63, 3.8) is 0 Å². The fraction of sp³-hybridized carbons (Fsp3) is 0.667. The van der Waals surface area contributed by atoms with Crippen LogP contribution in [0.15, 0.2) is 0 Å². The van der Waals surface area contributed by atoms with Crippen LogP contribution in [0.25, 0.3) is 0 Å². The van der Waals surface area contributed by atoms with Gasteiger partial charge in [-0.25, -0.2) is 19.2 Å². The van der Waals surface area contributed by atoms with E-state index >= 15 is 0 Å². The van der Waals surface area contributed by atoms with Gasteiger partial charge >= 0.3 is 24.6 Å². The Morgan fingerprint density at radius 1 is 0.667 bits per heavy atom. The lowest BCUT2D eigenvalue weighted by Gasteiger charge is -2.37. The first-order valence-electron chi connectivity index (χ1n) is 6.55. The number of hydrogen-bond acceptors (Lipinski definition) is 10. The first-order chi connectivity index (χ1) is 11.3. The molecule has 0 aromatic rings. The van der Waals surface area contributed by atoms with E-state index in [2.05, 4.69) is 18.9 Å². The van der Waals surface area contributed by atoms with Crippen molar-refractivity contribution >= 4 is 24.6 Å². The second-order valence-corrected chi connectivity index (χ2v) is 4.54. The Balaban J connectivity index is 2.96. The highest BCUT2D eigenvalue weighted by molar-refractivity contribution is 5.61. The minimum absolute atomic E-state index is 0.318. The van der Waals surface area contributed by atoms with Gasteiger partial charge in [0.1, 0.15) is 24.4 Å². The Bertz CT molecular complexity index is 444. The summed E-state index contributed by atoms with van der Waals surface area (Å²) in [6, 6.07) is 0. The van der Waals surface area contributed by atoms with Crippen LogP contribution < -0.4 is 0 Å². The Labute approximate surface area is 135 Å². The van der Waals surface area contributed by atoms with Gasteiger partial charge in [-0.3, -0.25) is 0 Å². The van der Waals surface area contributed by atoms with E-state index in [9.17, 15) is 19.2 Å². The van der Waals surface area contributed by atoms with Gasteiger partial charge in [0, 0.05) is 12.8 Å². The van der Waals surface area contributed by atoms with Crippen LogP contribution in [0.1, 0.15) is 12.8 Å². The van der Waals surface area contributed by atoms with Crippen LogP contribution in [0.3, 0.4) is 0 Å². The highest BCUT2D eigenvalue weighted by Gasteiger charge is 2.45. The lowest BCUT2D eigenvalue weighted by molar-refractivity contribution is -0.136. The van der Waals surface area contributed by atoms with Crippen LogP contribution in [0.5, 0.6) is 0 Å². The third-order valence-electron chi connectivity index (χ3n) is 3.09. The van der Waals surface area contributed by atoms with Crippen molar-refractivity contribution in [1.82, 2.24) is 0 Å². The van der Waals surface area contributed by atoms with Crippen molar-refractivity contribution in [3.8, 4) is 0 Å². The molecule has 0 saturated heterocycles. The molecule has 4 unspecified atom stereocenters. The van der Waals surface area contributed by atoms with E-state index < -0.39 is 49.0 Å². The van der Waals surface area contributed by atoms with Crippen LogP contribution >= 0.6 is 0 Å². The molecule has 1 aliphatic carbocycles. The highest BCUT2D eigenvalue weighted by Crippen LogP contribution is 2.29. The highest BCUT2D eigenvalue weighted by atomic mass is 16.8. The third-order valence-corrected chi connectivity index (χ3v) is 3.09. The molecule has 0 amide bonds. The van der Waals surface area contributed by atoms with Gasteiger partial charge in [0.05, 0.1) is 14.2 Å². The Hall–Kier alpha value is -2.92. The summed E-state index contributed by atoms with van der Waals surface area (Å²) >= 11 is 0. The van der Waals surface area contributed by atoms with Gasteiger partial charge in [-0.05, 0) is 0 Å². The number of ether oxygens (including phenoxy) is 6. The summed E-state index contributed by atoms with van der Waals surface area (Å²) < 4.78 is 27.5. The Morgan fingerprint density at radius 2 is 0.958 bits per heavy atom. The second kappa shape index (κ2) is 8.64. The zero-order chi connectivity index (χ0) is 18.3. The lowest BCUT2D eigenvalue weighted by atomic mass is 9.89. The summed E-state index contributed by atoms with van der Waals surface area (Å²) in [5.74, 6) is 0. The van der Waals surface area contributed by atoms with Crippen molar-refractivity contribution in [2.75, 3.05) is 14.2 Å². The Kier molecular flexibility index (Phi) is 6.89. The predicted octanol–water partition coefficient (Wildman–Crippen LogP) is 1.21. The van der Waals surface area contributed by atoms with Gasteiger partial charge in [-0.15, -0.1) is 0 Å². The smallest absolute Gasteiger partial charge is 0.450 e. The van der Waals surface area contributed by atoms with Gasteiger partial charge < -0.3 is 38.6 Å². The largest absolute Gasteiger partial charge is 0.508 e. The van der Waals surface area contributed by atoms with E-state index in [-0.39, 0.29) is 12.8 Å². The van der Waals surface area contributed by atoms with E-state index in [0.29, 0.717) is 0 Å². The van der Waals surface area contributed by atoms with Crippen molar-refractivity contribution in [3.05, 3.63) is 0 Å². The summed E-state index contributed by atoms with van der Waals surface area (Å²) in [5, 5.41) is 17.4. The molecule has 0 spiro atoms. The van der Waals surface area contributed by atoms with Crippen LogP contribution in [-0.4, -0.2) is 73.5 Å². The van der Waals surface area contributed by atoms with Crippen LogP contribution in [0.2, 0.25) is 0 Å². The van der Waals surface area contributed by atoms with Gasteiger partial charge in [-0.2, -0.15) is 0 Å². The summed E-state index contributed by atoms with van der Waals surface area (Å²) in [7, 11) is 2.09. The standard InChI is InChI=1S/C12H16O12/c1-19-11(17)23-7-3-5(21-9(13)14)6(22-10(15)16)4-8(7)24-12(18)20-2/h5-8H,3-4H2,1-2H3,(H,13,14)(H,15,16). The topological polar surface area (TPSA) is 164 Å². The second-order valence-electron chi connectivity index (χ2n) is 4.54. The molecule has 12 nitrogen and oxygen atoms in total. The monoisotopic (exact) mass is 352 g/mol. The van der Waals surface area contributed by atoms with E-state index in [0.717, 1.165) is 14.2 Å². The molecule has 0 aliphatic heterocycles. The van der Waals surface area contributed by atoms with Gasteiger partial charge in [0.15, 0.2) is 0 Å². The fourth-order valence-electron chi connectivity index (χ4n) is 2.16. The fourth-order valence-corrected chi connectivity index (χ4v) is 2.16. The van der Waals surface area contributed by atoms with Crippen LogP contribution in [0.4, 0.5) is 19.2 Å². The molecule has 1 saturated carbocycles. The Morgan fingerprint density at radius 3 is 1.21 bits per heavy atom. The van der Waals surface area contributed by atoms with Crippen LogP contribution in [0, 0.1) is 0 Å². The SMILES string of the molecule is COC(=O)OC1CC(OC(=O)O)C(OC(=O)O)CC1OC(=O)OC. The number of carbonyl (C=O) groups excluding carboxylic acids is 2. The molecule has 24 heavy (non-hydrogen) atoms. The molecule has 0 heterocycles. The molecule has 4 atom stereocenters. The van der Waals surface area contributed by atoms with Crippen molar-refractivity contribution in [1.29, 1.82) is 0 Å². The van der Waals surface area contributed by atoms with Gasteiger partial charge in [-0.1, -0.05) is 0 Å². The van der Waals surface area contributed by atoms with Gasteiger partial charge in [0.2, 0.25) is 0 Å². The van der Waals surface area contributed by atoms with Gasteiger partial charge in [0.25, 0.3) is 0 Å². The average Bonchev–Trinajstić information content (AvgIpc) is 2.49. The molecular weight excluding hydrogens is 336 g/mol. The molecule has 1 rings (SSSR count). The summed E-state index contributed by atoms with van der Waals surface area (Å²) in [5.41, 5.74) is 0. The maximum absolute atomic E-state index is 11.3. The number of methoxy groups -OCH3 is 2. The first kappa shape index (κ1) is 19.1. The number of carbonyl (C=O) groups is 4. The first-order valence-corrected chi connectivity index (χ1v) is 6.55. The average molecular weight is 352 g/mol. The maximum atomic E-state index is 11.3. The predicted molar refractivity (Wildman–Crippen MR) is 69.6 cm³/mol. The van der Waals surface area contributed by atoms with E-state index in [1.54, 1.807) is 0 Å². The molecule has 1 fully saturated rings. The van der Waals surface area contributed by atoms with Crippen LogP contribution in [-0.2, 0) is 28.4 Å². The molecular formula is C12H16O12. The van der Waals surface area contributed by atoms with E-state index in [1.807, 2.05) is 0 Å². The summed E-state index contributed by atoms with van der Waals surface area (Å²) in [6.07, 6.45) is -11.1. The number of hydrogen-bond donors (Lipinski definition) is 2. The minimum atomic E-state index is -1.68. The molecule has 12 heteroatoms. The van der Waals surface area contributed by atoms with Crippen molar-refractivity contribution < 1.29 is 57.8 Å². The third kappa shape index (κ3) is 5.70. The maximum Gasteiger partial charge on any atom is 0.508 e. The summed E-state index contributed by atoms with van der Waals surface area (Å²) in [4.78, 5) is 44.0. The zero-order valence-electron chi connectivity index (χ0n) is 12.7. The molecule has 0 radical (unpaired) electrons. The zero-order valence-corrected chi connectivity index (χ0v) is 12.7. The number of carboxylic acid groups (broad SMARTS) is 2. The number of rotatable bonds is 4. The van der Waals surface area contributed by atoms with E-state index in [4.69, 9.17) is 19.7 Å². The molecule has 136 valence electrons. The molecule has 0 bridgehead atoms. The van der Waals surface area contributed by atoms with E-state index in [1.165, 1.54) is 0 Å². The molecule has 2 N–H and O–H groups in total. The summed E-state index contributed by atoms with van der Waals surface area (Å²) in [6.45, 7) is 0. The molecule has 0 aromatic heterocycles. The normalized spacial score (nSPS) is 25.8. The molecule has 1 aliphatic rings. The minimum Gasteiger partial charge on any atom is -0.450 e. The van der Waals surface area contributed by atoms with Crippen molar-refractivity contribution in [2.45, 2.75) is 37.3 Å². The quantitative estimate of drug-likeness (QED) is 0.549. The molecule has 0 aromatic carbocycles.